The zero-order valence-corrected chi connectivity index (χ0v) is 19.6. The Hall–Kier alpha value is -3.01. The first-order valence-corrected chi connectivity index (χ1v) is 12.3. The molecule has 0 aliphatic rings. The summed E-state index contributed by atoms with van der Waals surface area (Å²) in [6, 6.07) is 14.5. The third kappa shape index (κ3) is 4.90. The fraction of sp³-hybridized carbons (Fsp3) is 0.136. The number of anilines is 1. The van der Waals surface area contributed by atoms with Crippen LogP contribution in [-0.2, 0) is 16.6 Å². The molecule has 0 atom stereocenters. The van der Waals surface area contributed by atoms with Crippen molar-refractivity contribution >= 4 is 38.8 Å². The van der Waals surface area contributed by atoms with Gasteiger partial charge >= 0.3 is 0 Å². The van der Waals surface area contributed by atoms with Gasteiger partial charge in [0.05, 0.1) is 22.5 Å². The molecule has 0 bridgehead atoms. The zero-order valence-electron chi connectivity index (χ0n) is 17.2. The van der Waals surface area contributed by atoms with E-state index in [9.17, 15) is 8.42 Å². The van der Waals surface area contributed by atoms with E-state index >= 15 is 0 Å². The van der Waals surface area contributed by atoms with E-state index in [1.54, 1.807) is 26.0 Å². The summed E-state index contributed by atoms with van der Waals surface area (Å²) in [5, 5.41) is 3.12. The number of ether oxygens (including phenoxy) is 1. The SMILES string of the molecule is Cc1cnc(NS(=O)(=O)c2cccc(Cl)c2C)c(OCc2csc(-c3ccccc3)n2)n1. The van der Waals surface area contributed by atoms with Crippen molar-refractivity contribution in [1.29, 1.82) is 0 Å². The first kappa shape index (κ1) is 22.2. The molecule has 2 aromatic carbocycles. The molecule has 164 valence electrons. The highest BCUT2D eigenvalue weighted by molar-refractivity contribution is 7.92. The number of halogens is 1. The molecule has 32 heavy (non-hydrogen) atoms. The second kappa shape index (κ2) is 9.23. The van der Waals surface area contributed by atoms with E-state index in [1.165, 1.54) is 23.6 Å². The van der Waals surface area contributed by atoms with Crippen LogP contribution in [0.1, 0.15) is 17.0 Å². The van der Waals surface area contributed by atoms with Crippen LogP contribution in [0.25, 0.3) is 10.6 Å². The first-order chi connectivity index (χ1) is 15.3. The van der Waals surface area contributed by atoms with Gasteiger partial charge in [0.1, 0.15) is 11.6 Å². The van der Waals surface area contributed by atoms with Crippen LogP contribution in [-0.4, -0.2) is 23.4 Å². The summed E-state index contributed by atoms with van der Waals surface area (Å²) in [4.78, 5) is 13.1. The summed E-state index contributed by atoms with van der Waals surface area (Å²) in [5.41, 5.74) is 2.76. The van der Waals surface area contributed by atoms with Crippen LogP contribution in [0.15, 0.2) is 65.0 Å². The van der Waals surface area contributed by atoms with Crippen LogP contribution in [0.3, 0.4) is 0 Å². The van der Waals surface area contributed by atoms with Crippen molar-refractivity contribution in [2.24, 2.45) is 0 Å². The topological polar surface area (TPSA) is 94.1 Å². The summed E-state index contributed by atoms with van der Waals surface area (Å²) in [7, 11) is -3.95. The number of thiazole rings is 1. The fourth-order valence-electron chi connectivity index (χ4n) is 2.92. The molecule has 4 aromatic rings. The van der Waals surface area contributed by atoms with Crippen LogP contribution in [0.5, 0.6) is 5.88 Å². The van der Waals surface area contributed by atoms with Crippen molar-refractivity contribution in [2.75, 3.05) is 4.72 Å². The molecule has 4 rings (SSSR count). The molecule has 10 heteroatoms. The van der Waals surface area contributed by atoms with E-state index in [4.69, 9.17) is 16.3 Å². The number of hydrogen-bond donors (Lipinski definition) is 1. The predicted octanol–water partition coefficient (Wildman–Crippen LogP) is 5.25. The highest BCUT2D eigenvalue weighted by Gasteiger charge is 2.22. The summed E-state index contributed by atoms with van der Waals surface area (Å²) in [6.45, 7) is 3.50. The standard InChI is InChI=1S/C22H19ClN4O3S2/c1-14-11-24-20(27-32(28,29)19-10-6-9-18(23)15(19)2)21(25-14)30-12-17-13-31-22(26-17)16-7-4-3-5-8-16/h3-11,13H,12H2,1-2H3,(H,24,27). The second-order valence-corrected chi connectivity index (χ2v) is 9.85. The molecule has 0 aliphatic carbocycles. The van der Waals surface area contributed by atoms with Crippen LogP contribution in [0, 0.1) is 13.8 Å². The van der Waals surface area contributed by atoms with E-state index in [-0.39, 0.29) is 23.2 Å². The van der Waals surface area contributed by atoms with Crippen molar-refractivity contribution in [1.82, 2.24) is 15.0 Å². The Kier molecular flexibility index (Phi) is 6.40. The molecule has 0 unspecified atom stereocenters. The number of hydrogen-bond acceptors (Lipinski definition) is 7. The first-order valence-electron chi connectivity index (χ1n) is 9.58. The van der Waals surface area contributed by atoms with Crippen molar-refractivity contribution in [3.05, 3.63) is 82.1 Å². The van der Waals surface area contributed by atoms with Crippen LogP contribution >= 0.6 is 22.9 Å². The van der Waals surface area contributed by atoms with Gasteiger partial charge in [-0.1, -0.05) is 48.0 Å². The minimum Gasteiger partial charge on any atom is -0.468 e. The van der Waals surface area contributed by atoms with E-state index in [0.717, 1.165) is 10.6 Å². The van der Waals surface area contributed by atoms with Crippen molar-refractivity contribution in [3.63, 3.8) is 0 Å². The van der Waals surface area contributed by atoms with Crippen LogP contribution in [0.2, 0.25) is 5.02 Å². The van der Waals surface area contributed by atoms with Gasteiger partial charge in [-0.05, 0) is 31.5 Å². The Balaban J connectivity index is 1.55. The number of benzene rings is 2. The van der Waals surface area contributed by atoms with Crippen molar-refractivity contribution in [2.45, 2.75) is 25.3 Å². The van der Waals surface area contributed by atoms with Gasteiger partial charge in [-0.15, -0.1) is 11.3 Å². The minimum absolute atomic E-state index is 0.00603. The van der Waals surface area contributed by atoms with Gasteiger partial charge in [0.25, 0.3) is 15.9 Å². The van der Waals surface area contributed by atoms with E-state index < -0.39 is 10.0 Å². The summed E-state index contributed by atoms with van der Waals surface area (Å²) >= 11 is 7.59. The molecule has 0 saturated heterocycles. The highest BCUT2D eigenvalue weighted by atomic mass is 35.5. The number of nitrogens with zero attached hydrogens (tertiary/aromatic N) is 3. The van der Waals surface area contributed by atoms with Gasteiger partial charge in [-0.3, -0.25) is 4.72 Å². The monoisotopic (exact) mass is 486 g/mol. The maximum absolute atomic E-state index is 12.9. The molecule has 1 N–H and O–H groups in total. The predicted molar refractivity (Wildman–Crippen MR) is 126 cm³/mol. The Labute approximate surface area is 195 Å². The van der Waals surface area contributed by atoms with Gasteiger partial charge < -0.3 is 4.74 Å². The lowest BCUT2D eigenvalue weighted by Gasteiger charge is -2.13. The molecule has 0 amide bonds. The fourth-order valence-corrected chi connectivity index (χ4v) is 5.23. The smallest absolute Gasteiger partial charge is 0.263 e. The Bertz CT molecular complexity index is 1360. The Morgan fingerprint density at radius 3 is 2.62 bits per heavy atom. The van der Waals surface area contributed by atoms with Gasteiger partial charge in [0.2, 0.25) is 5.82 Å². The highest BCUT2D eigenvalue weighted by Crippen LogP contribution is 2.28. The molecular weight excluding hydrogens is 468 g/mol. The molecule has 0 fully saturated rings. The lowest BCUT2D eigenvalue weighted by Crippen LogP contribution is -2.17. The van der Waals surface area contributed by atoms with Crippen LogP contribution < -0.4 is 9.46 Å². The maximum atomic E-state index is 12.9. The lowest BCUT2D eigenvalue weighted by atomic mass is 10.2. The lowest BCUT2D eigenvalue weighted by molar-refractivity contribution is 0.290. The number of aromatic nitrogens is 3. The van der Waals surface area contributed by atoms with Gasteiger partial charge in [0.15, 0.2) is 0 Å². The summed E-state index contributed by atoms with van der Waals surface area (Å²) < 4.78 is 34.2. The van der Waals surface area contributed by atoms with Crippen LogP contribution in [0.4, 0.5) is 5.82 Å². The normalized spacial score (nSPS) is 11.3. The largest absolute Gasteiger partial charge is 0.468 e. The van der Waals surface area contributed by atoms with Gasteiger partial charge in [-0.25, -0.2) is 23.4 Å². The quantitative estimate of drug-likeness (QED) is 0.383. The van der Waals surface area contributed by atoms with E-state index in [1.807, 2.05) is 35.7 Å². The molecule has 0 radical (unpaired) electrons. The molecule has 7 nitrogen and oxygen atoms in total. The maximum Gasteiger partial charge on any atom is 0.263 e. The second-order valence-electron chi connectivity index (χ2n) is 6.93. The summed E-state index contributed by atoms with van der Waals surface area (Å²) in [6.07, 6.45) is 1.46. The van der Waals surface area contributed by atoms with E-state index in [2.05, 4.69) is 19.7 Å². The molecule has 0 aliphatic heterocycles. The Morgan fingerprint density at radius 2 is 1.84 bits per heavy atom. The number of sulfonamides is 1. The average Bonchev–Trinajstić information content (AvgIpc) is 3.25. The average molecular weight is 487 g/mol. The minimum atomic E-state index is -3.95. The van der Waals surface area contributed by atoms with Gasteiger partial charge in [-0.2, -0.15) is 0 Å². The third-order valence-corrected chi connectivity index (χ3v) is 7.36. The Morgan fingerprint density at radius 1 is 1.06 bits per heavy atom. The molecular formula is C22H19ClN4O3S2. The number of aryl methyl sites for hydroxylation is 1. The summed E-state index contributed by atoms with van der Waals surface area (Å²) in [5.74, 6) is 0.0657. The molecule has 0 spiro atoms. The van der Waals surface area contributed by atoms with E-state index in [0.29, 0.717) is 22.0 Å². The molecule has 0 saturated carbocycles. The number of rotatable bonds is 7. The van der Waals surface area contributed by atoms with Crippen molar-refractivity contribution in [3.8, 4) is 16.5 Å². The molecule has 2 aromatic heterocycles. The van der Waals surface area contributed by atoms with Crippen molar-refractivity contribution < 1.29 is 13.2 Å². The zero-order chi connectivity index (χ0) is 22.7. The third-order valence-electron chi connectivity index (χ3n) is 4.53. The van der Waals surface area contributed by atoms with Gasteiger partial charge in [0, 0.05) is 16.0 Å². The number of nitrogens with one attached hydrogen (secondary N) is 1. The molecule has 2 heterocycles.